The molecule has 0 unspecified atom stereocenters. The molecule has 0 aliphatic heterocycles. The number of rotatable bonds is 6. The van der Waals surface area contributed by atoms with Crippen LogP contribution in [0.15, 0.2) is 46.9 Å². The molecule has 1 N–H and O–H groups in total. The van der Waals surface area contributed by atoms with Crippen molar-refractivity contribution in [1.82, 2.24) is 9.88 Å². The van der Waals surface area contributed by atoms with Gasteiger partial charge in [0, 0.05) is 35.5 Å². The molecule has 1 aromatic heterocycles. The van der Waals surface area contributed by atoms with Crippen LogP contribution in [0.25, 0.3) is 0 Å². The Morgan fingerprint density at radius 1 is 1.20 bits per heavy atom. The summed E-state index contributed by atoms with van der Waals surface area (Å²) >= 11 is 3.48. The fraction of sp³-hybridized carbons (Fsp3) is 0.312. The Morgan fingerprint density at radius 2 is 2.00 bits per heavy atom. The number of nitrogens with zero attached hydrogens (tertiary/aromatic N) is 2. The van der Waals surface area contributed by atoms with Gasteiger partial charge in [0.15, 0.2) is 0 Å². The van der Waals surface area contributed by atoms with Gasteiger partial charge < -0.3 is 5.32 Å². The van der Waals surface area contributed by atoms with Crippen LogP contribution in [0.5, 0.6) is 0 Å². The standard InChI is InChI=1S/C16H20BrN3/c1-13-5-3-8-16(19-13)12-20(2)10-9-18-15-7-4-6-14(17)11-15/h3-8,11,18H,9-10,12H2,1-2H3. The van der Waals surface area contributed by atoms with Crippen LogP contribution in [0.3, 0.4) is 0 Å². The number of nitrogens with one attached hydrogen (secondary N) is 1. The fourth-order valence-electron chi connectivity index (χ4n) is 2.03. The lowest BCUT2D eigenvalue weighted by Crippen LogP contribution is -2.25. The van der Waals surface area contributed by atoms with E-state index >= 15 is 0 Å². The number of aryl methyl sites for hydroxylation is 1. The first-order valence-corrected chi connectivity index (χ1v) is 7.53. The molecule has 1 heterocycles. The van der Waals surface area contributed by atoms with E-state index in [0.717, 1.165) is 41.2 Å². The third-order valence-corrected chi connectivity index (χ3v) is 3.52. The Labute approximate surface area is 129 Å². The molecular weight excluding hydrogens is 314 g/mol. The molecule has 0 atom stereocenters. The third kappa shape index (κ3) is 4.94. The van der Waals surface area contributed by atoms with Gasteiger partial charge in [-0.1, -0.05) is 28.1 Å². The van der Waals surface area contributed by atoms with Gasteiger partial charge in [-0.3, -0.25) is 9.88 Å². The van der Waals surface area contributed by atoms with E-state index in [-0.39, 0.29) is 0 Å². The summed E-state index contributed by atoms with van der Waals surface area (Å²) in [5.41, 5.74) is 3.33. The molecule has 0 amide bonds. The Bertz CT molecular complexity index is 557. The first kappa shape index (κ1) is 15.0. The minimum absolute atomic E-state index is 0.877. The molecule has 0 aliphatic carbocycles. The van der Waals surface area contributed by atoms with E-state index in [4.69, 9.17) is 0 Å². The molecule has 0 saturated heterocycles. The van der Waals surface area contributed by atoms with Crippen molar-refractivity contribution in [1.29, 1.82) is 0 Å². The molecule has 4 heteroatoms. The maximum absolute atomic E-state index is 4.52. The molecule has 0 bridgehead atoms. The maximum Gasteiger partial charge on any atom is 0.0547 e. The highest BCUT2D eigenvalue weighted by molar-refractivity contribution is 9.10. The van der Waals surface area contributed by atoms with Crippen molar-refractivity contribution in [2.75, 3.05) is 25.5 Å². The molecule has 0 saturated carbocycles. The normalized spacial score (nSPS) is 10.8. The van der Waals surface area contributed by atoms with Crippen molar-refractivity contribution >= 4 is 21.6 Å². The SMILES string of the molecule is Cc1cccc(CN(C)CCNc2cccc(Br)c2)n1. The minimum Gasteiger partial charge on any atom is -0.384 e. The van der Waals surface area contributed by atoms with Gasteiger partial charge in [-0.15, -0.1) is 0 Å². The van der Waals surface area contributed by atoms with Gasteiger partial charge in [-0.2, -0.15) is 0 Å². The van der Waals surface area contributed by atoms with E-state index in [1.807, 2.05) is 25.1 Å². The van der Waals surface area contributed by atoms with Gasteiger partial charge in [0.2, 0.25) is 0 Å². The second kappa shape index (κ2) is 7.41. The zero-order valence-corrected chi connectivity index (χ0v) is 13.5. The summed E-state index contributed by atoms with van der Waals surface area (Å²) in [5.74, 6) is 0. The lowest BCUT2D eigenvalue weighted by molar-refractivity contribution is 0.335. The fourth-order valence-corrected chi connectivity index (χ4v) is 2.43. The molecule has 106 valence electrons. The summed E-state index contributed by atoms with van der Waals surface area (Å²) in [6.07, 6.45) is 0. The van der Waals surface area contributed by atoms with Crippen molar-refractivity contribution in [3.63, 3.8) is 0 Å². The Morgan fingerprint density at radius 3 is 2.75 bits per heavy atom. The number of anilines is 1. The van der Waals surface area contributed by atoms with Crippen LogP contribution >= 0.6 is 15.9 Å². The van der Waals surface area contributed by atoms with Crippen molar-refractivity contribution in [2.24, 2.45) is 0 Å². The van der Waals surface area contributed by atoms with Gasteiger partial charge in [-0.05, 0) is 44.3 Å². The summed E-state index contributed by atoms with van der Waals surface area (Å²) < 4.78 is 1.10. The van der Waals surface area contributed by atoms with Gasteiger partial charge >= 0.3 is 0 Å². The Kier molecular flexibility index (Phi) is 5.56. The van der Waals surface area contributed by atoms with Crippen LogP contribution in [-0.2, 0) is 6.54 Å². The number of benzene rings is 1. The van der Waals surface area contributed by atoms with E-state index in [9.17, 15) is 0 Å². The van der Waals surface area contributed by atoms with Crippen LogP contribution in [0.1, 0.15) is 11.4 Å². The summed E-state index contributed by atoms with van der Waals surface area (Å²) in [4.78, 5) is 6.79. The molecule has 3 nitrogen and oxygen atoms in total. The third-order valence-electron chi connectivity index (χ3n) is 3.03. The highest BCUT2D eigenvalue weighted by atomic mass is 79.9. The van der Waals surface area contributed by atoms with Crippen molar-refractivity contribution in [3.05, 3.63) is 58.3 Å². The van der Waals surface area contributed by atoms with E-state index in [1.165, 1.54) is 0 Å². The molecule has 0 aliphatic rings. The van der Waals surface area contributed by atoms with Crippen molar-refractivity contribution in [3.8, 4) is 0 Å². The molecule has 20 heavy (non-hydrogen) atoms. The maximum atomic E-state index is 4.52. The first-order chi connectivity index (χ1) is 9.63. The second-order valence-electron chi connectivity index (χ2n) is 4.95. The molecule has 1 aromatic carbocycles. The first-order valence-electron chi connectivity index (χ1n) is 6.74. The van der Waals surface area contributed by atoms with Gasteiger partial charge in [0.1, 0.15) is 0 Å². The minimum atomic E-state index is 0.877. The average Bonchev–Trinajstić information content (AvgIpc) is 2.38. The van der Waals surface area contributed by atoms with Gasteiger partial charge in [-0.25, -0.2) is 0 Å². The number of hydrogen-bond donors (Lipinski definition) is 1. The molecule has 0 fully saturated rings. The van der Waals surface area contributed by atoms with Crippen LogP contribution < -0.4 is 5.32 Å². The van der Waals surface area contributed by atoms with Gasteiger partial charge in [0.25, 0.3) is 0 Å². The summed E-state index contributed by atoms with van der Waals surface area (Å²) in [5, 5.41) is 3.42. The summed E-state index contributed by atoms with van der Waals surface area (Å²) in [6.45, 7) is 4.79. The molecular formula is C16H20BrN3. The predicted molar refractivity (Wildman–Crippen MR) is 87.9 cm³/mol. The highest BCUT2D eigenvalue weighted by Crippen LogP contribution is 2.15. The van der Waals surface area contributed by atoms with E-state index in [2.05, 4.69) is 62.4 Å². The van der Waals surface area contributed by atoms with Crippen molar-refractivity contribution < 1.29 is 0 Å². The molecule has 2 rings (SSSR count). The number of hydrogen-bond acceptors (Lipinski definition) is 3. The monoisotopic (exact) mass is 333 g/mol. The highest BCUT2D eigenvalue weighted by Gasteiger charge is 2.01. The molecule has 0 spiro atoms. The topological polar surface area (TPSA) is 28.2 Å². The van der Waals surface area contributed by atoms with Crippen molar-refractivity contribution in [2.45, 2.75) is 13.5 Å². The van der Waals surface area contributed by atoms with Crippen LogP contribution in [-0.4, -0.2) is 30.0 Å². The number of halogens is 1. The van der Waals surface area contributed by atoms with E-state index < -0.39 is 0 Å². The lowest BCUT2D eigenvalue weighted by atomic mass is 10.3. The predicted octanol–water partition coefficient (Wildman–Crippen LogP) is 3.70. The van der Waals surface area contributed by atoms with Crippen LogP contribution in [0.4, 0.5) is 5.69 Å². The van der Waals surface area contributed by atoms with Gasteiger partial charge in [0.05, 0.1) is 5.69 Å². The smallest absolute Gasteiger partial charge is 0.0547 e. The van der Waals surface area contributed by atoms with Crippen LogP contribution in [0.2, 0.25) is 0 Å². The zero-order valence-electron chi connectivity index (χ0n) is 11.9. The summed E-state index contributed by atoms with van der Waals surface area (Å²) in [6, 6.07) is 14.4. The number of aromatic nitrogens is 1. The Hall–Kier alpha value is -1.39. The summed E-state index contributed by atoms with van der Waals surface area (Å²) in [7, 11) is 2.12. The average molecular weight is 334 g/mol. The molecule has 0 radical (unpaired) electrons. The van der Waals surface area contributed by atoms with E-state index in [1.54, 1.807) is 0 Å². The number of likely N-dealkylation sites (N-methyl/N-ethyl adjacent to an activating group) is 1. The molecule has 2 aromatic rings. The quantitative estimate of drug-likeness (QED) is 0.873. The Balaban J connectivity index is 1.76. The number of pyridine rings is 1. The lowest BCUT2D eigenvalue weighted by Gasteiger charge is -2.17. The van der Waals surface area contributed by atoms with Crippen LogP contribution in [0, 0.1) is 6.92 Å². The van der Waals surface area contributed by atoms with E-state index in [0.29, 0.717) is 0 Å². The largest absolute Gasteiger partial charge is 0.384 e. The zero-order chi connectivity index (χ0) is 14.4. The second-order valence-corrected chi connectivity index (χ2v) is 5.86.